The molecule has 0 unspecified atom stereocenters. The first-order chi connectivity index (χ1) is 10.5. The Balaban J connectivity index is 2.96. The molecule has 128 valence electrons. The van der Waals surface area contributed by atoms with Crippen molar-refractivity contribution in [2.75, 3.05) is 0 Å². The molecule has 0 aliphatic carbocycles. The molecule has 1 amide bonds. The second kappa shape index (κ2) is 7.32. The molecule has 6 N–H and O–H groups in total. The van der Waals surface area contributed by atoms with Crippen LogP contribution in [0.25, 0.3) is 0 Å². The first-order valence-corrected chi connectivity index (χ1v) is 7.38. The molecule has 0 heterocycles. The van der Waals surface area contributed by atoms with Crippen LogP contribution in [0, 0.1) is 0 Å². The van der Waals surface area contributed by atoms with Gasteiger partial charge in [-0.3, -0.25) is 4.79 Å². The van der Waals surface area contributed by atoms with E-state index in [0.717, 1.165) is 0 Å². The number of rotatable bonds is 6. The topological polar surface area (TPSA) is 124 Å². The summed E-state index contributed by atoms with van der Waals surface area (Å²) in [5, 5.41) is 21.5. The monoisotopic (exact) mass is 325 g/mol. The van der Waals surface area contributed by atoms with Gasteiger partial charge in [0.1, 0.15) is 6.04 Å². The van der Waals surface area contributed by atoms with Gasteiger partial charge in [0.2, 0.25) is 0 Å². The van der Waals surface area contributed by atoms with Gasteiger partial charge in [0.25, 0.3) is 5.91 Å². The van der Waals surface area contributed by atoms with Crippen molar-refractivity contribution in [3.63, 3.8) is 0 Å². The Kier molecular flexibility index (Phi) is 5.98. The van der Waals surface area contributed by atoms with Crippen LogP contribution in [-0.4, -0.2) is 39.8 Å². The molecule has 0 aliphatic heterocycles. The summed E-state index contributed by atoms with van der Waals surface area (Å²) in [6.07, 6.45) is -0.191. The lowest BCUT2D eigenvalue weighted by Crippen LogP contribution is -2.76. The Morgan fingerprint density at radius 1 is 1.26 bits per heavy atom. The van der Waals surface area contributed by atoms with Crippen molar-refractivity contribution >= 4 is 11.9 Å². The van der Waals surface area contributed by atoms with Gasteiger partial charge in [0, 0.05) is 6.42 Å². The lowest BCUT2D eigenvalue weighted by atomic mass is 10.0. The van der Waals surface area contributed by atoms with Crippen LogP contribution in [0.3, 0.4) is 0 Å². The van der Waals surface area contributed by atoms with Gasteiger partial charge in [0.05, 0.1) is 6.10 Å². The standard InChI is InChI=1S/C16H24N2O5/c1-9(2)23-14(21)11(18-15(22)16(3,4)17)7-10-5-6-12(19)13(20)8-10/h5-6,8-9,11,19-20H,7,17H2,1-4H3,(H,18,22)/p+1/t11-/m0/s1. The predicted molar refractivity (Wildman–Crippen MR) is 83.6 cm³/mol. The molecule has 1 aromatic rings. The van der Waals surface area contributed by atoms with E-state index in [9.17, 15) is 19.8 Å². The number of phenolic OH excluding ortho intramolecular Hbond substituents is 2. The Bertz CT molecular complexity index is 578. The SMILES string of the molecule is CC(C)OC(=O)[C@H](Cc1ccc(O)c(O)c1)NC(=O)C(C)(C)[NH3+]. The number of benzene rings is 1. The molecule has 0 aliphatic rings. The minimum absolute atomic E-state index is 0.126. The van der Waals surface area contributed by atoms with Gasteiger partial charge < -0.3 is 26.0 Å². The summed E-state index contributed by atoms with van der Waals surface area (Å²) < 4.78 is 5.17. The lowest BCUT2D eigenvalue weighted by molar-refractivity contribution is -0.446. The summed E-state index contributed by atoms with van der Waals surface area (Å²) in [5.41, 5.74) is 3.42. The molecule has 0 bridgehead atoms. The smallest absolute Gasteiger partial charge is 0.329 e. The van der Waals surface area contributed by atoms with Gasteiger partial charge in [-0.25, -0.2) is 4.79 Å². The fourth-order valence-electron chi connectivity index (χ4n) is 1.79. The maximum atomic E-state index is 12.2. The molecule has 1 atom stereocenters. The van der Waals surface area contributed by atoms with Crippen LogP contribution in [0.1, 0.15) is 33.3 Å². The largest absolute Gasteiger partial charge is 0.504 e. The minimum Gasteiger partial charge on any atom is -0.504 e. The number of aromatic hydroxyl groups is 2. The van der Waals surface area contributed by atoms with E-state index in [0.29, 0.717) is 5.56 Å². The maximum absolute atomic E-state index is 12.2. The molecule has 0 radical (unpaired) electrons. The van der Waals surface area contributed by atoms with E-state index >= 15 is 0 Å². The molecule has 0 saturated carbocycles. The number of carbonyl (C=O) groups excluding carboxylic acids is 2. The zero-order chi connectivity index (χ0) is 17.8. The Morgan fingerprint density at radius 3 is 2.35 bits per heavy atom. The summed E-state index contributed by atoms with van der Waals surface area (Å²) in [6.45, 7) is 6.71. The van der Waals surface area contributed by atoms with Crippen LogP contribution < -0.4 is 11.1 Å². The molecule has 1 rings (SSSR count). The van der Waals surface area contributed by atoms with Crippen LogP contribution in [0.4, 0.5) is 0 Å². The van der Waals surface area contributed by atoms with E-state index in [4.69, 9.17) is 4.74 Å². The van der Waals surface area contributed by atoms with Crippen molar-refractivity contribution < 1.29 is 30.3 Å². The molecule has 1 aromatic carbocycles. The zero-order valence-corrected chi connectivity index (χ0v) is 13.9. The van der Waals surface area contributed by atoms with Crippen LogP contribution >= 0.6 is 0 Å². The number of phenols is 2. The molecule has 23 heavy (non-hydrogen) atoms. The average molecular weight is 325 g/mol. The van der Waals surface area contributed by atoms with Gasteiger partial charge in [0.15, 0.2) is 17.0 Å². The van der Waals surface area contributed by atoms with Crippen molar-refractivity contribution in [2.24, 2.45) is 0 Å². The van der Waals surface area contributed by atoms with Crippen LogP contribution in [0.15, 0.2) is 18.2 Å². The molecule has 0 spiro atoms. The summed E-state index contributed by atoms with van der Waals surface area (Å²) >= 11 is 0. The van der Waals surface area contributed by atoms with Gasteiger partial charge in [-0.05, 0) is 45.4 Å². The maximum Gasteiger partial charge on any atom is 0.329 e. The summed E-state index contributed by atoms with van der Waals surface area (Å²) in [4.78, 5) is 24.3. The number of esters is 1. The highest BCUT2D eigenvalue weighted by molar-refractivity contribution is 5.88. The summed E-state index contributed by atoms with van der Waals surface area (Å²) in [6, 6.07) is 3.32. The number of nitrogens with one attached hydrogen (secondary N) is 1. The Morgan fingerprint density at radius 2 is 1.87 bits per heavy atom. The van der Waals surface area contributed by atoms with Crippen LogP contribution in [0.2, 0.25) is 0 Å². The highest BCUT2D eigenvalue weighted by Crippen LogP contribution is 2.25. The number of quaternary nitrogens is 1. The normalized spacial score (nSPS) is 12.8. The third kappa shape index (κ3) is 5.78. The van der Waals surface area contributed by atoms with Crippen LogP contribution in [0.5, 0.6) is 11.5 Å². The van der Waals surface area contributed by atoms with E-state index in [-0.39, 0.29) is 29.9 Å². The average Bonchev–Trinajstić information content (AvgIpc) is 2.40. The Hall–Kier alpha value is -2.28. The number of ether oxygens (including phenoxy) is 1. The van der Waals surface area contributed by atoms with E-state index in [1.165, 1.54) is 12.1 Å². The van der Waals surface area contributed by atoms with Gasteiger partial charge in [-0.1, -0.05) is 6.07 Å². The molecule has 0 aromatic heterocycles. The highest BCUT2D eigenvalue weighted by atomic mass is 16.5. The molecule has 0 saturated heterocycles. The predicted octanol–water partition coefficient (Wildman–Crippen LogP) is 0.0972. The first kappa shape index (κ1) is 18.8. The van der Waals surface area contributed by atoms with Crippen molar-refractivity contribution in [3.05, 3.63) is 23.8 Å². The number of hydrogen-bond donors (Lipinski definition) is 4. The molecular formula is C16H25N2O5+. The fraction of sp³-hybridized carbons (Fsp3) is 0.500. The van der Waals surface area contributed by atoms with E-state index in [2.05, 4.69) is 11.1 Å². The molecule has 7 nitrogen and oxygen atoms in total. The minimum atomic E-state index is -0.908. The third-order valence-corrected chi connectivity index (χ3v) is 3.04. The van der Waals surface area contributed by atoms with E-state index < -0.39 is 17.6 Å². The van der Waals surface area contributed by atoms with Crippen molar-refractivity contribution in [2.45, 2.75) is 51.8 Å². The zero-order valence-electron chi connectivity index (χ0n) is 13.9. The number of hydrogen-bond acceptors (Lipinski definition) is 5. The Labute approximate surface area is 135 Å². The van der Waals surface area contributed by atoms with Crippen LogP contribution in [-0.2, 0) is 20.7 Å². The second-order valence-corrected chi connectivity index (χ2v) is 6.42. The van der Waals surface area contributed by atoms with Crippen molar-refractivity contribution in [1.82, 2.24) is 5.32 Å². The number of carbonyl (C=O) groups is 2. The third-order valence-electron chi connectivity index (χ3n) is 3.04. The summed E-state index contributed by atoms with van der Waals surface area (Å²) in [5.74, 6) is -1.49. The second-order valence-electron chi connectivity index (χ2n) is 6.42. The quantitative estimate of drug-likeness (QED) is 0.436. The van der Waals surface area contributed by atoms with Gasteiger partial charge >= 0.3 is 5.97 Å². The fourth-order valence-corrected chi connectivity index (χ4v) is 1.79. The summed E-state index contributed by atoms with van der Waals surface area (Å²) in [7, 11) is 0. The molecule has 7 heteroatoms. The van der Waals surface area contributed by atoms with E-state index in [1.54, 1.807) is 33.8 Å². The van der Waals surface area contributed by atoms with E-state index in [1.807, 2.05) is 0 Å². The molecular weight excluding hydrogens is 300 g/mol. The molecule has 0 fully saturated rings. The van der Waals surface area contributed by atoms with Gasteiger partial charge in [-0.15, -0.1) is 0 Å². The van der Waals surface area contributed by atoms with Crippen molar-refractivity contribution in [3.8, 4) is 11.5 Å². The first-order valence-electron chi connectivity index (χ1n) is 7.38. The van der Waals surface area contributed by atoms with Crippen molar-refractivity contribution in [1.29, 1.82) is 0 Å². The van der Waals surface area contributed by atoms with Gasteiger partial charge in [-0.2, -0.15) is 0 Å². The highest BCUT2D eigenvalue weighted by Gasteiger charge is 2.32. The lowest BCUT2D eigenvalue weighted by Gasteiger charge is -2.22. The number of amides is 1.